The van der Waals surface area contributed by atoms with E-state index in [2.05, 4.69) is 20.6 Å². The van der Waals surface area contributed by atoms with Crippen molar-refractivity contribution < 1.29 is 23.1 Å². The molecular formula is C17H18F2N4O3. The summed E-state index contributed by atoms with van der Waals surface area (Å²) in [7, 11) is 0. The summed E-state index contributed by atoms with van der Waals surface area (Å²) in [6, 6.07) is 4.24. The highest BCUT2D eigenvalue weighted by molar-refractivity contribution is 6.05. The molecule has 0 radical (unpaired) electrons. The maximum absolute atomic E-state index is 12.4. The van der Waals surface area contributed by atoms with Crippen molar-refractivity contribution >= 4 is 23.3 Å². The van der Waals surface area contributed by atoms with Crippen LogP contribution < -0.4 is 15.4 Å². The highest BCUT2D eigenvalue weighted by Crippen LogP contribution is 2.24. The van der Waals surface area contributed by atoms with Crippen molar-refractivity contribution in [3.63, 3.8) is 0 Å². The number of rotatable bonds is 7. The van der Waals surface area contributed by atoms with Gasteiger partial charge < -0.3 is 15.4 Å². The van der Waals surface area contributed by atoms with Crippen LogP contribution in [0.4, 0.5) is 20.3 Å². The summed E-state index contributed by atoms with van der Waals surface area (Å²) in [6.45, 7) is 2.66. The standard InChI is InChI=1S/C17H18F2N4O3/c1-10(2)16(24)23-15-7-11(3-6-21-15)17(25)22-12-8-20-5-4-13(12)26-9-14(18)19/h3-8,10,14H,9H2,1-2H3,(H,22,25)(H,21,23,24). The van der Waals surface area contributed by atoms with E-state index >= 15 is 0 Å². The summed E-state index contributed by atoms with van der Waals surface area (Å²) in [5.41, 5.74) is 0.380. The first kappa shape index (κ1) is 19.2. The maximum Gasteiger partial charge on any atom is 0.272 e. The van der Waals surface area contributed by atoms with E-state index in [-0.39, 0.29) is 34.6 Å². The molecule has 2 aromatic rings. The Morgan fingerprint density at radius 1 is 1.19 bits per heavy atom. The van der Waals surface area contributed by atoms with Crippen molar-refractivity contribution in [3.8, 4) is 5.75 Å². The molecule has 2 aromatic heterocycles. The fraction of sp³-hybridized carbons (Fsp3) is 0.294. The molecule has 9 heteroatoms. The van der Waals surface area contributed by atoms with Crippen molar-refractivity contribution in [3.05, 3.63) is 42.4 Å². The molecule has 0 saturated heterocycles. The Hall–Kier alpha value is -3.10. The summed E-state index contributed by atoms with van der Waals surface area (Å²) in [5, 5.41) is 5.14. The smallest absolute Gasteiger partial charge is 0.272 e. The Bertz CT molecular complexity index is 784. The molecule has 0 unspecified atom stereocenters. The molecule has 0 aliphatic rings. The van der Waals surface area contributed by atoms with Gasteiger partial charge in [0, 0.05) is 29.9 Å². The predicted octanol–water partition coefficient (Wildman–Crippen LogP) is 2.97. The zero-order valence-corrected chi connectivity index (χ0v) is 14.2. The van der Waals surface area contributed by atoms with E-state index in [1.165, 1.54) is 36.8 Å². The van der Waals surface area contributed by atoms with Crippen LogP contribution in [0, 0.1) is 5.92 Å². The average Bonchev–Trinajstić information content (AvgIpc) is 2.61. The largest absolute Gasteiger partial charge is 0.485 e. The summed E-state index contributed by atoms with van der Waals surface area (Å²) in [6.07, 6.45) is 1.39. The van der Waals surface area contributed by atoms with Gasteiger partial charge >= 0.3 is 0 Å². The number of ether oxygens (including phenoxy) is 1. The van der Waals surface area contributed by atoms with Crippen molar-refractivity contribution in [1.82, 2.24) is 9.97 Å². The number of aromatic nitrogens is 2. The van der Waals surface area contributed by atoms with Gasteiger partial charge in [-0.05, 0) is 12.1 Å². The second-order valence-corrected chi connectivity index (χ2v) is 5.60. The van der Waals surface area contributed by atoms with Crippen molar-refractivity contribution in [2.75, 3.05) is 17.2 Å². The SMILES string of the molecule is CC(C)C(=O)Nc1cc(C(=O)Nc2cnccc2OCC(F)F)ccn1. The van der Waals surface area contributed by atoms with E-state index < -0.39 is 18.9 Å². The van der Waals surface area contributed by atoms with Gasteiger partial charge in [0.1, 0.15) is 23.9 Å². The van der Waals surface area contributed by atoms with E-state index in [1.54, 1.807) is 13.8 Å². The molecular weight excluding hydrogens is 346 g/mol. The third-order valence-corrected chi connectivity index (χ3v) is 3.19. The lowest BCUT2D eigenvalue weighted by Gasteiger charge is -2.12. The Kier molecular flexibility index (Phi) is 6.54. The third-order valence-electron chi connectivity index (χ3n) is 3.19. The lowest BCUT2D eigenvalue weighted by Crippen LogP contribution is -2.19. The summed E-state index contributed by atoms with van der Waals surface area (Å²) >= 11 is 0. The number of alkyl halides is 2. The van der Waals surface area contributed by atoms with Crippen LogP contribution in [0.25, 0.3) is 0 Å². The first-order valence-corrected chi connectivity index (χ1v) is 7.80. The highest BCUT2D eigenvalue weighted by atomic mass is 19.3. The molecule has 0 atom stereocenters. The van der Waals surface area contributed by atoms with Gasteiger partial charge in [-0.1, -0.05) is 13.8 Å². The average molecular weight is 364 g/mol. The summed E-state index contributed by atoms with van der Waals surface area (Å²) < 4.78 is 29.6. The normalized spacial score (nSPS) is 10.7. The molecule has 0 bridgehead atoms. The van der Waals surface area contributed by atoms with Crippen molar-refractivity contribution in [1.29, 1.82) is 0 Å². The predicted molar refractivity (Wildman–Crippen MR) is 91.4 cm³/mol. The van der Waals surface area contributed by atoms with E-state index in [0.29, 0.717) is 0 Å². The third kappa shape index (κ3) is 5.47. The Balaban J connectivity index is 2.12. The zero-order chi connectivity index (χ0) is 19.1. The number of carbonyl (C=O) groups excluding carboxylic acids is 2. The highest BCUT2D eigenvalue weighted by Gasteiger charge is 2.14. The Morgan fingerprint density at radius 3 is 2.65 bits per heavy atom. The minimum absolute atomic E-state index is 0.0797. The maximum atomic E-state index is 12.4. The Morgan fingerprint density at radius 2 is 1.96 bits per heavy atom. The van der Waals surface area contributed by atoms with Gasteiger partial charge in [0.05, 0.1) is 6.20 Å². The number of anilines is 2. The van der Waals surface area contributed by atoms with Crippen LogP contribution >= 0.6 is 0 Å². The van der Waals surface area contributed by atoms with E-state index in [9.17, 15) is 18.4 Å². The lowest BCUT2D eigenvalue weighted by atomic mass is 10.2. The molecule has 138 valence electrons. The van der Waals surface area contributed by atoms with E-state index in [4.69, 9.17) is 4.74 Å². The van der Waals surface area contributed by atoms with Gasteiger partial charge in [0.2, 0.25) is 5.91 Å². The van der Waals surface area contributed by atoms with Gasteiger partial charge in [0.15, 0.2) is 0 Å². The lowest BCUT2D eigenvalue weighted by molar-refractivity contribution is -0.118. The number of amides is 2. The number of nitrogens with zero attached hydrogens (tertiary/aromatic N) is 2. The molecule has 26 heavy (non-hydrogen) atoms. The molecule has 7 nitrogen and oxygen atoms in total. The number of hydrogen-bond acceptors (Lipinski definition) is 5. The summed E-state index contributed by atoms with van der Waals surface area (Å²) in [5.74, 6) is -0.681. The molecule has 2 N–H and O–H groups in total. The van der Waals surface area contributed by atoms with Gasteiger partial charge in [-0.3, -0.25) is 14.6 Å². The minimum atomic E-state index is -2.64. The van der Waals surface area contributed by atoms with Crippen LogP contribution in [0.15, 0.2) is 36.8 Å². The number of hydrogen-bond donors (Lipinski definition) is 2. The number of nitrogens with one attached hydrogen (secondary N) is 2. The number of carbonyl (C=O) groups is 2. The summed E-state index contributed by atoms with van der Waals surface area (Å²) in [4.78, 5) is 31.9. The molecule has 0 aliphatic heterocycles. The second-order valence-electron chi connectivity index (χ2n) is 5.60. The molecule has 2 rings (SSSR count). The van der Waals surface area contributed by atoms with Crippen LogP contribution in [0.1, 0.15) is 24.2 Å². The van der Waals surface area contributed by atoms with E-state index in [0.717, 1.165) is 0 Å². The van der Waals surface area contributed by atoms with Crippen LogP contribution in [-0.2, 0) is 4.79 Å². The molecule has 0 aromatic carbocycles. The second kappa shape index (κ2) is 8.84. The minimum Gasteiger partial charge on any atom is -0.485 e. The first-order valence-electron chi connectivity index (χ1n) is 7.80. The molecule has 2 heterocycles. The van der Waals surface area contributed by atoms with Crippen LogP contribution in [-0.4, -0.2) is 34.8 Å². The first-order chi connectivity index (χ1) is 12.4. The van der Waals surface area contributed by atoms with Crippen LogP contribution in [0.5, 0.6) is 5.75 Å². The van der Waals surface area contributed by atoms with Gasteiger partial charge in [-0.2, -0.15) is 0 Å². The van der Waals surface area contributed by atoms with Crippen LogP contribution in [0.3, 0.4) is 0 Å². The molecule has 0 aliphatic carbocycles. The molecule has 2 amide bonds. The van der Waals surface area contributed by atoms with Gasteiger partial charge in [-0.25, -0.2) is 13.8 Å². The molecule has 0 spiro atoms. The van der Waals surface area contributed by atoms with Gasteiger partial charge in [0.25, 0.3) is 12.3 Å². The number of pyridine rings is 2. The molecule has 0 fully saturated rings. The quantitative estimate of drug-likeness (QED) is 0.788. The zero-order valence-electron chi connectivity index (χ0n) is 14.2. The molecule has 0 saturated carbocycles. The number of halogens is 2. The van der Waals surface area contributed by atoms with E-state index in [1.807, 2.05) is 0 Å². The fourth-order valence-electron chi connectivity index (χ4n) is 1.86. The van der Waals surface area contributed by atoms with Crippen molar-refractivity contribution in [2.24, 2.45) is 5.92 Å². The fourth-order valence-corrected chi connectivity index (χ4v) is 1.86. The van der Waals surface area contributed by atoms with Crippen LogP contribution in [0.2, 0.25) is 0 Å². The van der Waals surface area contributed by atoms with Gasteiger partial charge in [-0.15, -0.1) is 0 Å². The monoisotopic (exact) mass is 364 g/mol. The van der Waals surface area contributed by atoms with Crippen molar-refractivity contribution in [2.45, 2.75) is 20.3 Å². The topological polar surface area (TPSA) is 93.2 Å². The Labute approximate surface area is 148 Å².